The first-order valence-corrected chi connectivity index (χ1v) is 7.84. The topological polar surface area (TPSA) is 99.5 Å². The highest BCUT2D eigenvalue weighted by molar-refractivity contribution is 6.32. The van der Waals surface area contributed by atoms with Gasteiger partial charge in [-0.3, -0.25) is 4.79 Å². The molecular formula is C16H16ClF2N5O2. The van der Waals surface area contributed by atoms with Gasteiger partial charge in [0.2, 0.25) is 11.8 Å². The Balaban J connectivity index is 2.01. The van der Waals surface area contributed by atoms with E-state index in [1.807, 2.05) is 0 Å². The van der Waals surface area contributed by atoms with Gasteiger partial charge in [0, 0.05) is 32.1 Å². The summed E-state index contributed by atoms with van der Waals surface area (Å²) >= 11 is 5.96. The van der Waals surface area contributed by atoms with Crippen molar-refractivity contribution in [3.8, 4) is 5.88 Å². The average molecular weight is 384 g/mol. The highest BCUT2D eigenvalue weighted by Gasteiger charge is 2.15. The molecule has 10 heteroatoms. The smallest absolute Gasteiger partial charge is 0.272 e. The van der Waals surface area contributed by atoms with Crippen LogP contribution in [0.1, 0.15) is 12.5 Å². The molecule has 2 heterocycles. The Bertz CT molecular complexity index is 793. The number of ether oxygens (including phenoxy) is 1. The zero-order valence-electron chi connectivity index (χ0n) is 13.7. The van der Waals surface area contributed by atoms with Crippen LogP contribution < -0.4 is 15.4 Å². The second-order valence-electron chi connectivity index (χ2n) is 5.16. The van der Waals surface area contributed by atoms with Gasteiger partial charge in [-0.2, -0.15) is 0 Å². The zero-order chi connectivity index (χ0) is 19.1. The number of alkyl halides is 2. The molecule has 0 aromatic carbocycles. The first-order valence-electron chi connectivity index (χ1n) is 7.47. The third-order valence-corrected chi connectivity index (χ3v) is 3.32. The van der Waals surface area contributed by atoms with Gasteiger partial charge in [-0.15, -0.1) is 0 Å². The maximum absolute atomic E-state index is 12.1. The minimum absolute atomic E-state index is 0.0617. The number of aromatic nitrogens is 1. The molecule has 1 aliphatic rings. The van der Waals surface area contributed by atoms with E-state index < -0.39 is 13.0 Å². The number of amides is 1. The molecule has 0 radical (unpaired) electrons. The maximum Gasteiger partial charge on any atom is 0.272 e. The lowest BCUT2D eigenvalue weighted by Crippen LogP contribution is -2.33. The summed E-state index contributed by atoms with van der Waals surface area (Å²) in [5.74, 6) is -0.0918. The standard InChI is InChI=1S/C16H16ClF2N5O2/c1-9(25)24-15-11(13(20)2-3-22-15)7-21-5-10-4-12(17)16(23-6-10)26-8-14(18)19/h2-4,6-7,14,20-21H,5,8H2,1H3,(H,22,24,25)/b11-7+,20-13?. The number of allylic oxidation sites excluding steroid dienone is 1. The number of nitrogens with zero attached hydrogens (tertiary/aromatic N) is 2. The highest BCUT2D eigenvalue weighted by Crippen LogP contribution is 2.22. The normalized spacial score (nSPS) is 15.2. The molecule has 1 aromatic rings. The number of pyridine rings is 1. The summed E-state index contributed by atoms with van der Waals surface area (Å²) in [7, 11) is 0. The SMILES string of the molecule is CC(=O)NC1=NC=CC(=N)/C1=C\NCc1cnc(OCC(F)F)c(Cl)c1. The monoisotopic (exact) mass is 383 g/mol. The largest absolute Gasteiger partial charge is 0.471 e. The van der Waals surface area contributed by atoms with E-state index in [2.05, 4.69) is 20.6 Å². The van der Waals surface area contributed by atoms with Crippen molar-refractivity contribution in [3.05, 3.63) is 46.9 Å². The van der Waals surface area contributed by atoms with E-state index >= 15 is 0 Å². The van der Waals surface area contributed by atoms with Crippen LogP contribution in [0.3, 0.4) is 0 Å². The quantitative estimate of drug-likeness (QED) is 0.702. The second kappa shape index (κ2) is 9.04. The van der Waals surface area contributed by atoms with Crippen molar-refractivity contribution in [1.82, 2.24) is 15.6 Å². The van der Waals surface area contributed by atoms with Gasteiger partial charge in [0.15, 0.2) is 6.61 Å². The van der Waals surface area contributed by atoms with E-state index in [0.717, 1.165) is 0 Å². The number of aliphatic imine (C=N–C) groups is 1. The molecule has 0 aliphatic carbocycles. The van der Waals surface area contributed by atoms with Crippen LogP contribution in [-0.2, 0) is 11.3 Å². The first-order chi connectivity index (χ1) is 12.4. The second-order valence-corrected chi connectivity index (χ2v) is 5.57. The summed E-state index contributed by atoms with van der Waals surface area (Å²) in [4.78, 5) is 19.1. The molecule has 0 saturated heterocycles. The number of carbonyl (C=O) groups excluding carboxylic acids is 1. The first kappa shape index (κ1) is 19.5. The fourth-order valence-electron chi connectivity index (χ4n) is 1.97. The van der Waals surface area contributed by atoms with Gasteiger partial charge in [0.05, 0.1) is 11.3 Å². The summed E-state index contributed by atoms with van der Waals surface area (Å²) in [5.41, 5.74) is 1.27. The molecule has 7 nitrogen and oxygen atoms in total. The molecular weight excluding hydrogens is 368 g/mol. The van der Waals surface area contributed by atoms with Crippen LogP contribution in [0, 0.1) is 5.41 Å². The molecule has 0 fully saturated rings. The molecule has 1 aromatic heterocycles. The van der Waals surface area contributed by atoms with Gasteiger partial charge >= 0.3 is 0 Å². The van der Waals surface area contributed by atoms with Gasteiger partial charge in [-0.1, -0.05) is 11.6 Å². The highest BCUT2D eigenvalue weighted by atomic mass is 35.5. The summed E-state index contributed by atoms with van der Waals surface area (Å²) in [6, 6.07) is 1.54. The van der Waals surface area contributed by atoms with Gasteiger partial charge in [-0.25, -0.2) is 18.8 Å². The lowest BCUT2D eigenvalue weighted by atomic mass is 10.1. The van der Waals surface area contributed by atoms with Crippen LogP contribution in [-0.4, -0.2) is 35.5 Å². The van der Waals surface area contributed by atoms with E-state index in [0.29, 0.717) is 17.7 Å². The molecule has 0 spiro atoms. The number of nitrogens with one attached hydrogen (secondary N) is 3. The lowest BCUT2D eigenvalue weighted by Gasteiger charge is -2.14. The van der Waals surface area contributed by atoms with E-state index in [4.69, 9.17) is 21.7 Å². The van der Waals surface area contributed by atoms with E-state index in [-0.39, 0.29) is 28.4 Å². The number of halogens is 3. The molecule has 138 valence electrons. The maximum atomic E-state index is 12.1. The molecule has 0 atom stereocenters. The molecule has 0 unspecified atom stereocenters. The Morgan fingerprint density at radius 3 is 2.92 bits per heavy atom. The van der Waals surface area contributed by atoms with Crippen molar-refractivity contribution < 1.29 is 18.3 Å². The number of hydrogen-bond acceptors (Lipinski definition) is 6. The van der Waals surface area contributed by atoms with Crippen LogP contribution in [0.4, 0.5) is 8.78 Å². The summed E-state index contributed by atoms with van der Waals surface area (Å²) < 4.78 is 29.1. The predicted molar refractivity (Wildman–Crippen MR) is 93.8 cm³/mol. The summed E-state index contributed by atoms with van der Waals surface area (Å²) in [6.07, 6.45) is 3.28. The van der Waals surface area contributed by atoms with Crippen LogP contribution in [0.15, 0.2) is 41.3 Å². The molecule has 0 saturated carbocycles. The van der Waals surface area contributed by atoms with Crippen LogP contribution in [0.5, 0.6) is 5.88 Å². The van der Waals surface area contributed by atoms with Crippen molar-refractivity contribution in [2.24, 2.45) is 4.99 Å². The number of carbonyl (C=O) groups is 1. The molecule has 0 bridgehead atoms. The zero-order valence-corrected chi connectivity index (χ0v) is 14.5. The van der Waals surface area contributed by atoms with Gasteiger partial charge in [-0.05, 0) is 17.7 Å². The van der Waals surface area contributed by atoms with Crippen molar-refractivity contribution in [2.45, 2.75) is 19.9 Å². The van der Waals surface area contributed by atoms with Crippen molar-refractivity contribution in [1.29, 1.82) is 5.41 Å². The lowest BCUT2D eigenvalue weighted by molar-refractivity contribution is -0.117. The fraction of sp³-hybridized carbons (Fsp3) is 0.250. The van der Waals surface area contributed by atoms with Gasteiger partial charge in [0.1, 0.15) is 10.9 Å². The van der Waals surface area contributed by atoms with Crippen molar-refractivity contribution in [2.75, 3.05) is 6.61 Å². The van der Waals surface area contributed by atoms with Crippen molar-refractivity contribution >= 4 is 29.1 Å². The predicted octanol–water partition coefficient (Wildman–Crippen LogP) is 2.43. The Hall–Kier alpha value is -2.81. The third-order valence-electron chi connectivity index (χ3n) is 3.05. The minimum Gasteiger partial charge on any atom is -0.471 e. The summed E-state index contributed by atoms with van der Waals surface area (Å²) in [6.45, 7) is 0.869. The molecule has 2 rings (SSSR count). The van der Waals surface area contributed by atoms with E-state index in [9.17, 15) is 13.6 Å². The number of amidine groups is 1. The molecule has 26 heavy (non-hydrogen) atoms. The fourth-order valence-corrected chi connectivity index (χ4v) is 2.21. The minimum atomic E-state index is -2.61. The van der Waals surface area contributed by atoms with Crippen LogP contribution >= 0.6 is 11.6 Å². The van der Waals surface area contributed by atoms with Crippen LogP contribution in [0.25, 0.3) is 0 Å². The average Bonchev–Trinajstić information content (AvgIpc) is 2.56. The summed E-state index contributed by atoms with van der Waals surface area (Å²) in [5, 5.41) is 13.5. The number of hydrogen-bond donors (Lipinski definition) is 3. The van der Waals surface area contributed by atoms with Gasteiger partial charge < -0.3 is 20.8 Å². The van der Waals surface area contributed by atoms with E-state index in [1.54, 1.807) is 0 Å². The third kappa shape index (κ3) is 5.62. The number of rotatable bonds is 6. The van der Waals surface area contributed by atoms with E-state index in [1.165, 1.54) is 37.7 Å². The van der Waals surface area contributed by atoms with Crippen molar-refractivity contribution in [3.63, 3.8) is 0 Å². The van der Waals surface area contributed by atoms with Gasteiger partial charge in [0.25, 0.3) is 6.43 Å². The Morgan fingerprint density at radius 2 is 2.27 bits per heavy atom. The Morgan fingerprint density at radius 1 is 1.50 bits per heavy atom. The molecule has 1 aliphatic heterocycles. The Labute approximate surface area is 153 Å². The molecule has 1 amide bonds. The Kier molecular flexibility index (Phi) is 6.79. The molecule has 3 N–H and O–H groups in total. The van der Waals surface area contributed by atoms with Crippen LogP contribution in [0.2, 0.25) is 5.02 Å².